The van der Waals surface area contributed by atoms with E-state index in [1.807, 2.05) is 32.0 Å². The van der Waals surface area contributed by atoms with Gasteiger partial charge in [-0.25, -0.2) is 4.79 Å². The number of thioether (sulfide) groups is 1. The summed E-state index contributed by atoms with van der Waals surface area (Å²) in [4.78, 5) is 36.6. The molecule has 0 fully saturated rings. The molecule has 0 aliphatic carbocycles. The van der Waals surface area contributed by atoms with E-state index in [2.05, 4.69) is 20.8 Å². The van der Waals surface area contributed by atoms with Gasteiger partial charge < -0.3 is 9.73 Å². The maximum atomic E-state index is 12.4. The van der Waals surface area contributed by atoms with E-state index in [4.69, 9.17) is 4.42 Å². The lowest BCUT2D eigenvalue weighted by Crippen LogP contribution is -2.24. The van der Waals surface area contributed by atoms with Crippen LogP contribution in [0.4, 0.5) is 10.8 Å². The summed E-state index contributed by atoms with van der Waals surface area (Å²) in [5.41, 5.74) is 3.88. The van der Waals surface area contributed by atoms with Crippen LogP contribution < -0.4 is 16.4 Å². The lowest BCUT2D eigenvalue weighted by Gasteiger charge is -2.08. The van der Waals surface area contributed by atoms with E-state index in [1.165, 1.54) is 27.7 Å². The van der Waals surface area contributed by atoms with Crippen LogP contribution in [0.2, 0.25) is 0 Å². The average molecular weight is 484 g/mol. The topological polar surface area (TPSA) is 119 Å². The number of benzene rings is 2. The molecule has 0 spiro atoms. The first-order valence-corrected chi connectivity index (χ1v) is 11.9. The maximum absolute atomic E-state index is 12.4. The number of aromatic nitrogens is 3. The fourth-order valence-electron chi connectivity index (χ4n) is 3.10. The van der Waals surface area contributed by atoms with E-state index in [0.29, 0.717) is 32.7 Å². The van der Waals surface area contributed by atoms with Gasteiger partial charge in [0.25, 0.3) is 0 Å². The fraction of sp³-hybridized carbons (Fsp3) is 0.227. The standard InChI is InChI=1S/C22H21N5O4S2/c1-13-7-8-14(2)15(11-13)23-18(28)9-10-32-21-26-25-20(33-21)24-19(29)12-27-16-5-3-4-6-17(16)31-22(27)30/h3-8,11H,9-10,12H2,1-2H3,(H,23,28)(H,24,25,29). The normalized spacial score (nSPS) is 11.0. The van der Waals surface area contributed by atoms with E-state index in [1.54, 1.807) is 24.3 Å². The molecular formula is C22H21N5O4S2. The first-order chi connectivity index (χ1) is 15.9. The van der Waals surface area contributed by atoms with Crippen molar-refractivity contribution in [1.82, 2.24) is 14.8 Å². The van der Waals surface area contributed by atoms with Crippen molar-refractivity contribution in [2.24, 2.45) is 0 Å². The van der Waals surface area contributed by atoms with Crippen LogP contribution in [0.5, 0.6) is 0 Å². The third-order valence-corrected chi connectivity index (χ3v) is 6.72. The van der Waals surface area contributed by atoms with E-state index in [0.717, 1.165) is 16.8 Å². The van der Waals surface area contributed by atoms with Crippen molar-refractivity contribution in [3.8, 4) is 0 Å². The molecule has 2 aromatic heterocycles. The molecule has 4 rings (SSSR count). The molecule has 2 amide bonds. The Labute approximate surface area is 197 Å². The first kappa shape index (κ1) is 22.7. The summed E-state index contributed by atoms with van der Waals surface area (Å²) >= 11 is 2.59. The number of oxazole rings is 1. The molecule has 0 atom stereocenters. The molecule has 0 saturated heterocycles. The lowest BCUT2D eigenvalue weighted by atomic mass is 10.1. The highest BCUT2D eigenvalue weighted by Gasteiger charge is 2.14. The number of rotatable bonds is 8. The molecule has 0 aliphatic heterocycles. The number of aryl methyl sites for hydroxylation is 2. The van der Waals surface area contributed by atoms with Crippen molar-refractivity contribution in [3.05, 3.63) is 64.1 Å². The van der Waals surface area contributed by atoms with Gasteiger partial charge in [-0.2, -0.15) is 0 Å². The third-order valence-electron chi connectivity index (χ3n) is 4.75. The fourth-order valence-corrected chi connectivity index (χ4v) is 4.88. The highest BCUT2D eigenvalue weighted by molar-refractivity contribution is 8.01. The van der Waals surface area contributed by atoms with Crippen LogP contribution in [0, 0.1) is 13.8 Å². The number of hydrogen-bond donors (Lipinski definition) is 2. The van der Waals surface area contributed by atoms with Crippen molar-refractivity contribution in [3.63, 3.8) is 0 Å². The maximum Gasteiger partial charge on any atom is 0.420 e. The van der Waals surface area contributed by atoms with Gasteiger partial charge >= 0.3 is 5.76 Å². The van der Waals surface area contributed by atoms with Gasteiger partial charge in [-0.15, -0.1) is 10.2 Å². The third kappa shape index (κ3) is 5.68. The average Bonchev–Trinajstić information content (AvgIpc) is 3.34. The van der Waals surface area contributed by atoms with Crippen LogP contribution in [0.3, 0.4) is 0 Å². The summed E-state index contributed by atoms with van der Waals surface area (Å²) in [7, 11) is 0. The number of nitrogens with one attached hydrogen (secondary N) is 2. The molecule has 2 aromatic carbocycles. The molecule has 0 unspecified atom stereocenters. The van der Waals surface area contributed by atoms with E-state index < -0.39 is 11.7 Å². The highest BCUT2D eigenvalue weighted by Crippen LogP contribution is 2.26. The van der Waals surface area contributed by atoms with Gasteiger partial charge in [0.1, 0.15) is 6.54 Å². The summed E-state index contributed by atoms with van der Waals surface area (Å²) in [6.07, 6.45) is 0.315. The Bertz CT molecular complexity index is 1370. The molecule has 2 N–H and O–H groups in total. The van der Waals surface area contributed by atoms with Gasteiger partial charge in [0.05, 0.1) is 5.52 Å². The molecule has 9 nitrogen and oxygen atoms in total. The van der Waals surface area contributed by atoms with E-state index in [-0.39, 0.29) is 12.5 Å². The van der Waals surface area contributed by atoms with Crippen molar-refractivity contribution in [2.45, 2.75) is 31.2 Å². The van der Waals surface area contributed by atoms with Gasteiger partial charge in [0, 0.05) is 17.9 Å². The predicted molar refractivity (Wildman–Crippen MR) is 129 cm³/mol. The summed E-state index contributed by atoms with van der Waals surface area (Å²) in [6, 6.07) is 12.8. The smallest absolute Gasteiger partial charge is 0.408 e. The molecule has 0 aliphatic rings. The second kappa shape index (κ2) is 10.0. The number of amides is 2. The number of fused-ring (bicyclic) bond motifs is 1. The van der Waals surface area contributed by atoms with E-state index in [9.17, 15) is 14.4 Å². The second-order valence-electron chi connectivity index (χ2n) is 7.31. The zero-order valence-corrected chi connectivity index (χ0v) is 19.6. The van der Waals surface area contributed by atoms with Crippen LogP contribution in [-0.4, -0.2) is 32.3 Å². The monoisotopic (exact) mass is 483 g/mol. The molecule has 0 saturated carbocycles. The first-order valence-electron chi connectivity index (χ1n) is 10.1. The quantitative estimate of drug-likeness (QED) is 0.289. The summed E-state index contributed by atoms with van der Waals surface area (Å²) < 4.78 is 7.03. The van der Waals surface area contributed by atoms with Crippen molar-refractivity contribution >= 4 is 56.8 Å². The Morgan fingerprint density at radius 1 is 1.09 bits per heavy atom. The highest BCUT2D eigenvalue weighted by atomic mass is 32.2. The second-order valence-corrected chi connectivity index (χ2v) is 9.63. The number of para-hydroxylation sites is 2. The molecule has 170 valence electrons. The Kier molecular flexibility index (Phi) is 6.90. The Morgan fingerprint density at radius 2 is 1.91 bits per heavy atom. The lowest BCUT2D eigenvalue weighted by molar-refractivity contribution is -0.117. The van der Waals surface area contributed by atoms with Crippen LogP contribution >= 0.6 is 23.1 Å². The van der Waals surface area contributed by atoms with Gasteiger partial charge in [-0.3, -0.25) is 19.5 Å². The Morgan fingerprint density at radius 3 is 2.76 bits per heavy atom. The zero-order chi connectivity index (χ0) is 23.4. The van der Waals surface area contributed by atoms with Crippen LogP contribution in [0.1, 0.15) is 17.5 Å². The van der Waals surface area contributed by atoms with Gasteiger partial charge in [0.15, 0.2) is 9.92 Å². The Hall–Kier alpha value is -3.44. The van der Waals surface area contributed by atoms with Crippen LogP contribution in [0.15, 0.2) is 56.0 Å². The minimum atomic E-state index is -0.598. The SMILES string of the molecule is Cc1ccc(C)c(NC(=O)CCSc2nnc(NC(=O)Cn3c(=O)oc4ccccc43)s2)c1. The van der Waals surface area contributed by atoms with E-state index >= 15 is 0 Å². The van der Waals surface area contributed by atoms with Gasteiger partial charge in [-0.05, 0) is 43.2 Å². The van der Waals surface area contributed by atoms with Crippen molar-refractivity contribution < 1.29 is 14.0 Å². The molecule has 33 heavy (non-hydrogen) atoms. The van der Waals surface area contributed by atoms with Crippen LogP contribution in [-0.2, 0) is 16.1 Å². The largest absolute Gasteiger partial charge is 0.420 e. The summed E-state index contributed by atoms with van der Waals surface area (Å²) in [6.45, 7) is 3.73. The molecule has 11 heteroatoms. The van der Waals surface area contributed by atoms with Gasteiger partial charge in [-0.1, -0.05) is 47.4 Å². The van der Waals surface area contributed by atoms with Crippen LogP contribution in [0.25, 0.3) is 11.1 Å². The summed E-state index contributed by atoms with van der Waals surface area (Å²) in [5, 5.41) is 13.9. The Balaban J connectivity index is 1.27. The predicted octanol–water partition coefficient (Wildman–Crippen LogP) is 3.82. The molecule has 2 heterocycles. The number of anilines is 2. The molecule has 4 aromatic rings. The molecule has 0 bridgehead atoms. The number of hydrogen-bond acceptors (Lipinski definition) is 8. The molecule has 0 radical (unpaired) electrons. The van der Waals surface area contributed by atoms with Gasteiger partial charge in [0.2, 0.25) is 16.9 Å². The number of carbonyl (C=O) groups is 2. The van der Waals surface area contributed by atoms with Crippen molar-refractivity contribution in [2.75, 3.05) is 16.4 Å². The minimum Gasteiger partial charge on any atom is -0.408 e. The molecular weight excluding hydrogens is 462 g/mol. The number of carbonyl (C=O) groups excluding carboxylic acids is 2. The van der Waals surface area contributed by atoms with Crippen molar-refractivity contribution in [1.29, 1.82) is 0 Å². The number of nitrogens with zero attached hydrogens (tertiary/aromatic N) is 3. The summed E-state index contributed by atoms with van der Waals surface area (Å²) in [5.74, 6) is -0.564. The minimum absolute atomic E-state index is 0.0768. The zero-order valence-electron chi connectivity index (χ0n) is 18.0.